The van der Waals surface area contributed by atoms with Crippen LogP contribution in [0.4, 0.5) is 4.79 Å². The second-order valence-electron chi connectivity index (χ2n) is 9.63. The summed E-state index contributed by atoms with van der Waals surface area (Å²) in [6.07, 6.45) is 0.824. The van der Waals surface area contributed by atoms with Crippen molar-refractivity contribution >= 4 is 18.0 Å². The third kappa shape index (κ3) is 4.52. The third-order valence-electron chi connectivity index (χ3n) is 7.02. The van der Waals surface area contributed by atoms with Crippen molar-refractivity contribution in [2.24, 2.45) is 11.8 Å². The van der Waals surface area contributed by atoms with Crippen molar-refractivity contribution in [2.45, 2.75) is 51.6 Å². The minimum atomic E-state index is -1.01. The molecule has 1 aliphatic heterocycles. The molecule has 2 amide bonds. The van der Waals surface area contributed by atoms with Crippen LogP contribution in [0.25, 0.3) is 11.1 Å². The summed E-state index contributed by atoms with van der Waals surface area (Å²) in [5.41, 5.74) is 4.50. The van der Waals surface area contributed by atoms with E-state index in [1.165, 1.54) is 4.90 Å². The lowest BCUT2D eigenvalue weighted by atomic mass is 9.89. The van der Waals surface area contributed by atoms with E-state index in [1.807, 2.05) is 57.2 Å². The summed E-state index contributed by atoms with van der Waals surface area (Å²) in [6, 6.07) is 14.4. The van der Waals surface area contributed by atoms with Gasteiger partial charge >= 0.3 is 12.1 Å². The number of piperidine rings is 1. The molecule has 180 valence electrons. The minimum absolute atomic E-state index is 0.0781. The molecule has 34 heavy (non-hydrogen) atoms. The van der Waals surface area contributed by atoms with E-state index in [0.717, 1.165) is 35.1 Å². The quantitative estimate of drug-likeness (QED) is 0.666. The van der Waals surface area contributed by atoms with Gasteiger partial charge in [-0.15, -0.1) is 0 Å². The SMILES string of the molecule is CC1CCCN(C(=O)[C@H](NC(=O)OCC2c3ccccc3-c3ccccc32)C(C)C)C1C(=O)O. The molecule has 2 aliphatic rings. The number of nitrogens with zero attached hydrogens (tertiary/aromatic N) is 1. The summed E-state index contributed by atoms with van der Waals surface area (Å²) in [5.74, 6) is -1.82. The molecule has 2 unspecified atom stereocenters. The van der Waals surface area contributed by atoms with Gasteiger partial charge in [0.25, 0.3) is 0 Å². The molecule has 4 rings (SSSR count). The molecule has 0 bridgehead atoms. The van der Waals surface area contributed by atoms with Crippen LogP contribution in [0.1, 0.15) is 50.7 Å². The van der Waals surface area contributed by atoms with Crippen LogP contribution in [0.15, 0.2) is 48.5 Å². The lowest BCUT2D eigenvalue weighted by Crippen LogP contribution is -2.59. The Morgan fingerprint density at radius 1 is 1.06 bits per heavy atom. The van der Waals surface area contributed by atoms with E-state index in [-0.39, 0.29) is 30.3 Å². The van der Waals surface area contributed by atoms with Gasteiger partial charge in [-0.3, -0.25) is 4.79 Å². The Labute approximate surface area is 200 Å². The standard InChI is InChI=1S/C27H32N2O5/c1-16(2)23(25(30)29-14-8-9-17(3)24(29)26(31)32)28-27(33)34-15-22-20-12-6-4-10-18(20)19-11-5-7-13-21(19)22/h4-7,10-13,16-17,22-24H,8-9,14-15H2,1-3H3,(H,28,33)(H,31,32)/t17?,23-,24?/m1/s1. The van der Waals surface area contributed by atoms with Crippen molar-refractivity contribution in [1.82, 2.24) is 10.2 Å². The highest BCUT2D eigenvalue weighted by Gasteiger charge is 2.40. The average molecular weight is 465 g/mol. The number of fused-ring (bicyclic) bond motifs is 3. The van der Waals surface area contributed by atoms with Crippen LogP contribution in [0, 0.1) is 11.8 Å². The average Bonchev–Trinajstić information content (AvgIpc) is 3.14. The largest absolute Gasteiger partial charge is 0.480 e. The maximum absolute atomic E-state index is 13.3. The normalized spacial score (nSPS) is 20.4. The van der Waals surface area contributed by atoms with Crippen molar-refractivity contribution in [3.8, 4) is 11.1 Å². The first-order valence-corrected chi connectivity index (χ1v) is 11.9. The van der Waals surface area contributed by atoms with Crippen molar-refractivity contribution in [3.05, 3.63) is 59.7 Å². The molecule has 2 N–H and O–H groups in total. The fraction of sp³-hybridized carbons (Fsp3) is 0.444. The van der Waals surface area contributed by atoms with Crippen LogP contribution in [0.3, 0.4) is 0 Å². The van der Waals surface area contributed by atoms with Gasteiger partial charge in [-0.25, -0.2) is 9.59 Å². The molecule has 1 heterocycles. The van der Waals surface area contributed by atoms with E-state index in [9.17, 15) is 19.5 Å². The predicted molar refractivity (Wildman–Crippen MR) is 128 cm³/mol. The molecule has 2 aromatic rings. The zero-order valence-electron chi connectivity index (χ0n) is 19.9. The zero-order valence-corrected chi connectivity index (χ0v) is 19.9. The number of benzene rings is 2. The van der Waals surface area contributed by atoms with Crippen molar-refractivity contribution < 1.29 is 24.2 Å². The van der Waals surface area contributed by atoms with Gasteiger partial charge in [-0.05, 0) is 46.9 Å². The van der Waals surface area contributed by atoms with Gasteiger partial charge in [0.2, 0.25) is 5.91 Å². The maximum atomic E-state index is 13.3. The monoisotopic (exact) mass is 464 g/mol. The van der Waals surface area contributed by atoms with Crippen molar-refractivity contribution in [1.29, 1.82) is 0 Å². The second-order valence-corrected chi connectivity index (χ2v) is 9.63. The van der Waals surface area contributed by atoms with Gasteiger partial charge in [-0.1, -0.05) is 69.3 Å². The summed E-state index contributed by atoms with van der Waals surface area (Å²) < 4.78 is 5.62. The zero-order chi connectivity index (χ0) is 24.4. The number of carbonyl (C=O) groups is 3. The molecule has 7 heteroatoms. The number of rotatable bonds is 6. The predicted octanol–water partition coefficient (Wildman–Crippen LogP) is 4.26. The third-order valence-corrected chi connectivity index (χ3v) is 7.02. The smallest absolute Gasteiger partial charge is 0.407 e. The Morgan fingerprint density at radius 3 is 2.21 bits per heavy atom. The highest BCUT2D eigenvalue weighted by molar-refractivity contribution is 5.90. The lowest BCUT2D eigenvalue weighted by molar-refractivity contribution is -0.156. The van der Waals surface area contributed by atoms with Crippen LogP contribution in [-0.4, -0.2) is 53.2 Å². The lowest BCUT2D eigenvalue weighted by Gasteiger charge is -2.39. The molecular weight excluding hydrogens is 432 g/mol. The highest BCUT2D eigenvalue weighted by Crippen LogP contribution is 2.44. The number of likely N-dealkylation sites (tertiary alicyclic amines) is 1. The van der Waals surface area contributed by atoms with Crippen molar-refractivity contribution in [2.75, 3.05) is 13.2 Å². The number of hydrogen-bond acceptors (Lipinski definition) is 4. The van der Waals surface area contributed by atoms with Gasteiger partial charge in [0.15, 0.2) is 0 Å². The molecular formula is C27H32N2O5. The van der Waals surface area contributed by atoms with Gasteiger partial charge in [0.05, 0.1) is 0 Å². The molecule has 1 saturated heterocycles. The van der Waals surface area contributed by atoms with E-state index in [2.05, 4.69) is 17.4 Å². The summed E-state index contributed by atoms with van der Waals surface area (Å²) in [6.45, 7) is 6.03. The molecule has 0 spiro atoms. The number of carboxylic acid groups (broad SMARTS) is 1. The number of carboxylic acids is 1. The van der Waals surface area contributed by atoms with Gasteiger partial charge in [-0.2, -0.15) is 0 Å². The first-order valence-electron chi connectivity index (χ1n) is 11.9. The van der Waals surface area contributed by atoms with E-state index in [1.54, 1.807) is 0 Å². The van der Waals surface area contributed by atoms with E-state index >= 15 is 0 Å². The number of carbonyl (C=O) groups excluding carboxylic acids is 2. The molecule has 0 saturated carbocycles. The minimum Gasteiger partial charge on any atom is -0.480 e. The first kappa shape index (κ1) is 23.8. The molecule has 1 fully saturated rings. The van der Waals surface area contributed by atoms with E-state index in [4.69, 9.17) is 4.74 Å². The topological polar surface area (TPSA) is 95.9 Å². The number of hydrogen-bond donors (Lipinski definition) is 2. The Kier molecular flexibility index (Phi) is 6.91. The fourth-order valence-corrected chi connectivity index (χ4v) is 5.27. The van der Waals surface area contributed by atoms with Crippen molar-refractivity contribution in [3.63, 3.8) is 0 Å². The van der Waals surface area contributed by atoms with Crippen LogP contribution in [-0.2, 0) is 14.3 Å². The molecule has 1 aliphatic carbocycles. The van der Waals surface area contributed by atoms with Crippen LogP contribution in [0.5, 0.6) is 0 Å². The Balaban J connectivity index is 1.45. The first-order chi connectivity index (χ1) is 16.3. The Bertz CT molecular complexity index is 1040. The molecule has 0 aromatic heterocycles. The summed E-state index contributed by atoms with van der Waals surface area (Å²) in [5, 5.41) is 12.4. The van der Waals surface area contributed by atoms with Gasteiger partial charge < -0.3 is 20.1 Å². The highest BCUT2D eigenvalue weighted by atomic mass is 16.5. The second kappa shape index (κ2) is 9.87. The molecule has 2 aromatic carbocycles. The maximum Gasteiger partial charge on any atom is 0.407 e. The van der Waals surface area contributed by atoms with E-state index in [0.29, 0.717) is 6.54 Å². The van der Waals surface area contributed by atoms with Crippen LogP contribution < -0.4 is 5.32 Å². The van der Waals surface area contributed by atoms with Crippen LogP contribution in [0.2, 0.25) is 0 Å². The summed E-state index contributed by atoms with van der Waals surface area (Å²) in [4.78, 5) is 39.3. The van der Waals surface area contributed by atoms with Gasteiger partial charge in [0, 0.05) is 12.5 Å². The summed E-state index contributed by atoms with van der Waals surface area (Å²) >= 11 is 0. The molecule has 7 nitrogen and oxygen atoms in total. The number of nitrogens with one attached hydrogen (secondary N) is 1. The Hall–Kier alpha value is -3.35. The van der Waals surface area contributed by atoms with E-state index < -0.39 is 24.1 Å². The number of amides is 2. The molecule has 0 radical (unpaired) electrons. The number of alkyl carbamates (subject to hydrolysis) is 1. The number of aliphatic carboxylic acids is 1. The fourth-order valence-electron chi connectivity index (χ4n) is 5.27. The van der Waals surface area contributed by atoms with Gasteiger partial charge in [0.1, 0.15) is 18.7 Å². The summed E-state index contributed by atoms with van der Waals surface area (Å²) in [7, 11) is 0. The number of ether oxygens (including phenoxy) is 1. The van der Waals surface area contributed by atoms with Crippen LogP contribution >= 0.6 is 0 Å². The molecule has 3 atom stereocenters. The Morgan fingerprint density at radius 2 is 1.65 bits per heavy atom.